The lowest BCUT2D eigenvalue weighted by Gasteiger charge is -2.27. The molecule has 0 unspecified atom stereocenters. The van der Waals surface area contributed by atoms with Crippen LogP contribution in [-0.4, -0.2) is 56.0 Å². The maximum Gasteiger partial charge on any atom is 0.261 e. The second kappa shape index (κ2) is 11.8. The van der Waals surface area contributed by atoms with Crippen molar-refractivity contribution in [1.29, 1.82) is 0 Å². The Labute approximate surface area is 176 Å². The van der Waals surface area contributed by atoms with Gasteiger partial charge in [0.05, 0.1) is 4.88 Å². The van der Waals surface area contributed by atoms with Crippen LogP contribution in [0.1, 0.15) is 32.0 Å². The summed E-state index contributed by atoms with van der Waals surface area (Å²) in [4.78, 5) is 27.3. The maximum atomic E-state index is 12.2. The largest absolute Gasteiger partial charge is 0.352 e. The van der Waals surface area contributed by atoms with Crippen molar-refractivity contribution in [2.24, 2.45) is 0 Å². The molecule has 6 nitrogen and oxygen atoms in total. The van der Waals surface area contributed by atoms with Gasteiger partial charge in [-0.15, -0.1) is 23.7 Å². The van der Waals surface area contributed by atoms with Gasteiger partial charge in [-0.1, -0.05) is 18.2 Å². The van der Waals surface area contributed by atoms with Gasteiger partial charge in [0.2, 0.25) is 0 Å². The number of thiophene rings is 1. The molecule has 152 valence electrons. The summed E-state index contributed by atoms with van der Waals surface area (Å²) in [6.07, 6.45) is 0.957. The Balaban J connectivity index is 0.00000280. The number of halogens is 1. The quantitative estimate of drug-likeness (QED) is 0.570. The van der Waals surface area contributed by atoms with Crippen LogP contribution < -0.4 is 16.0 Å². The van der Waals surface area contributed by atoms with E-state index in [9.17, 15) is 9.59 Å². The van der Waals surface area contributed by atoms with Crippen LogP contribution in [0.5, 0.6) is 0 Å². The lowest BCUT2D eigenvalue weighted by Crippen LogP contribution is -2.44. The van der Waals surface area contributed by atoms with Gasteiger partial charge in [-0.25, -0.2) is 0 Å². The van der Waals surface area contributed by atoms with Crippen molar-refractivity contribution in [1.82, 2.24) is 20.9 Å². The number of nitrogens with zero attached hydrogens (tertiary/aromatic N) is 1. The molecule has 1 aliphatic rings. The topological polar surface area (TPSA) is 73.5 Å². The minimum atomic E-state index is -0.0729. The van der Waals surface area contributed by atoms with E-state index >= 15 is 0 Å². The number of hydrogen-bond acceptors (Lipinski definition) is 5. The number of amides is 2. The summed E-state index contributed by atoms with van der Waals surface area (Å²) in [7, 11) is 0. The van der Waals surface area contributed by atoms with E-state index in [0.29, 0.717) is 23.5 Å². The van der Waals surface area contributed by atoms with Gasteiger partial charge in [-0.05, 0) is 42.1 Å². The number of piperazine rings is 1. The molecule has 28 heavy (non-hydrogen) atoms. The van der Waals surface area contributed by atoms with E-state index in [1.54, 1.807) is 18.2 Å². The van der Waals surface area contributed by atoms with E-state index < -0.39 is 0 Å². The fraction of sp³-hybridized carbons (Fsp3) is 0.400. The second-order valence-electron chi connectivity index (χ2n) is 6.56. The van der Waals surface area contributed by atoms with Crippen LogP contribution in [0.15, 0.2) is 41.8 Å². The summed E-state index contributed by atoms with van der Waals surface area (Å²) in [5, 5.41) is 11.1. The fourth-order valence-electron chi connectivity index (χ4n) is 2.99. The molecule has 1 aliphatic heterocycles. The third-order valence-electron chi connectivity index (χ3n) is 4.56. The first kappa shape index (κ1) is 22.4. The van der Waals surface area contributed by atoms with Gasteiger partial charge >= 0.3 is 0 Å². The van der Waals surface area contributed by atoms with Crippen molar-refractivity contribution in [3.05, 3.63) is 57.8 Å². The number of benzene rings is 1. The summed E-state index contributed by atoms with van der Waals surface area (Å²) in [5.74, 6) is -0.124. The lowest BCUT2D eigenvalue weighted by atomic mass is 10.1. The predicted molar refractivity (Wildman–Crippen MR) is 115 cm³/mol. The van der Waals surface area contributed by atoms with Crippen LogP contribution in [0.2, 0.25) is 0 Å². The number of carbonyl (C=O) groups excluding carboxylic acids is 2. The van der Waals surface area contributed by atoms with Crippen LogP contribution in [0.25, 0.3) is 0 Å². The molecule has 3 rings (SSSR count). The third-order valence-corrected chi connectivity index (χ3v) is 5.43. The average Bonchev–Trinajstić information content (AvgIpc) is 3.25. The molecule has 0 radical (unpaired) electrons. The van der Waals surface area contributed by atoms with E-state index in [0.717, 1.165) is 44.7 Å². The molecule has 0 saturated carbocycles. The molecule has 0 bridgehead atoms. The number of carbonyl (C=O) groups is 2. The summed E-state index contributed by atoms with van der Waals surface area (Å²) < 4.78 is 0. The van der Waals surface area contributed by atoms with Crippen molar-refractivity contribution in [2.75, 3.05) is 39.3 Å². The Hall–Kier alpha value is -1.93. The zero-order valence-corrected chi connectivity index (χ0v) is 17.4. The van der Waals surface area contributed by atoms with E-state index in [1.807, 2.05) is 23.6 Å². The summed E-state index contributed by atoms with van der Waals surface area (Å²) >= 11 is 1.42. The highest BCUT2D eigenvalue weighted by Gasteiger charge is 2.10. The van der Waals surface area contributed by atoms with Gasteiger partial charge in [0.15, 0.2) is 0 Å². The standard InChI is InChI=1S/C20H26N4O2S.ClH/c25-19(22-8-2-11-24-12-9-21-10-13-24)17-6-4-16(5-7-17)15-23-20(26)18-3-1-14-27-18;/h1,3-7,14,21H,2,8-13,15H2,(H,22,25)(H,23,26);1H. The summed E-state index contributed by atoms with van der Waals surface area (Å²) in [6, 6.07) is 11.0. The van der Waals surface area contributed by atoms with Gasteiger partial charge in [-0.3, -0.25) is 9.59 Å². The monoisotopic (exact) mass is 422 g/mol. The first-order chi connectivity index (χ1) is 13.2. The van der Waals surface area contributed by atoms with Gasteiger partial charge in [0.25, 0.3) is 11.8 Å². The van der Waals surface area contributed by atoms with Crippen LogP contribution >= 0.6 is 23.7 Å². The first-order valence-corrected chi connectivity index (χ1v) is 10.2. The zero-order chi connectivity index (χ0) is 18.9. The Kier molecular flexibility index (Phi) is 9.43. The Morgan fingerprint density at radius 3 is 2.46 bits per heavy atom. The minimum Gasteiger partial charge on any atom is -0.352 e. The molecule has 0 spiro atoms. The van der Waals surface area contributed by atoms with E-state index in [-0.39, 0.29) is 24.2 Å². The van der Waals surface area contributed by atoms with Crippen molar-refractivity contribution in [3.8, 4) is 0 Å². The van der Waals surface area contributed by atoms with Crippen molar-refractivity contribution >= 4 is 35.6 Å². The molecular formula is C20H27ClN4O2S. The Morgan fingerprint density at radius 2 is 1.79 bits per heavy atom. The Morgan fingerprint density at radius 1 is 1.04 bits per heavy atom. The molecule has 2 amide bonds. The molecule has 1 aromatic heterocycles. The van der Waals surface area contributed by atoms with Gasteiger partial charge in [0, 0.05) is 44.8 Å². The van der Waals surface area contributed by atoms with E-state index in [2.05, 4.69) is 20.9 Å². The molecule has 0 aliphatic carbocycles. The second-order valence-corrected chi connectivity index (χ2v) is 7.51. The smallest absolute Gasteiger partial charge is 0.261 e. The van der Waals surface area contributed by atoms with Crippen molar-refractivity contribution in [2.45, 2.75) is 13.0 Å². The molecule has 2 heterocycles. The number of hydrogen-bond donors (Lipinski definition) is 3. The molecule has 1 aromatic carbocycles. The predicted octanol–water partition coefficient (Wildman–Crippen LogP) is 2.12. The fourth-order valence-corrected chi connectivity index (χ4v) is 3.63. The van der Waals surface area contributed by atoms with Crippen LogP contribution in [0, 0.1) is 0 Å². The van der Waals surface area contributed by atoms with Crippen LogP contribution in [0.3, 0.4) is 0 Å². The summed E-state index contributed by atoms with van der Waals surface area (Å²) in [6.45, 7) is 6.41. The number of rotatable bonds is 8. The molecule has 1 fully saturated rings. The average molecular weight is 423 g/mol. The summed E-state index contributed by atoms with van der Waals surface area (Å²) in [5.41, 5.74) is 1.61. The molecule has 8 heteroatoms. The van der Waals surface area contributed by atoms with Gasteiger partial charge < -0.3 is 20.9 Å². The van der Waals surface area contributed by atoms with Gasteiger partial charge in [0.1, 0.15) is 0 Å². The molecule has 3 N–H and O–H groups in total. The highest BCUT2D eigenvalue weighted by atomic mass is 35.5. The van der Waals surface area contributed by atoms with E-state index in [1.165, 1.54) is 11.3 Å². The van der Waals surface area contributed by atoms with Crippen LogP contribution in [0.4, 0.5) is 0 Å². The highest BCUT2D eigenvalue weighted by molar-refractivity contribution is 7.12. The van der Waals surface area contributed by atoms with E-state index in [4.69, 9.17) is 0 Å². The lowest BCUT2D eigenvalue weighted by molar-refractivity contribution is 0.0943. The zero-order valence-electron chi connectivity index (χ0n) is 15.8. The van der Waals surface area contributed by atoms with Crippen molar-refractivity contribution in [3.63, 3.8) is 0 Å². The molecule has 2 aromatic rings. The number of nitrogens with one attached hydrogen (secondary N) is 3. The SMILES string of the molecule is Cl.O=C(NCCCN1CCNCC1)c1ccc(CNC(=O)c2cccs2)cc1. The normalized spacial score (nSPS) is 14.1. The highest BCUT2D eigenvalue weighted by Crippen LogP contribution is 2.09. The first-order valence-electron chi connectivity index (χ1n) is 9.34. The molecule has 1 saturated heterocycles. The maximum absolute atomic E-state index is 12.2. The molecular weight excluding hydrogens is 396 g/mol. The third kappa shape index (κ3) is 6.91. The van der Waals surface area contributed by atoms with Gasteiger partial charge in [-0.2, -0.15) is 0 Å². The minimum absolute atomic E-state index is 0. The van der Waals surface area contributed by atoms with Crippen molar-refractivity contribution < 1.29 is 9.59 Å². The molecule has 0 atom stereocenters. The Bertz CT molecular complexity index is 731. The van der Waals surface area contributed by atoms with Crippen LogP contribution in [-0.2, 0) is 6.54 Å².